The van der Waals surface area contributed by atoms with E-state index in [-0.39, 0.29) is 12.2 Å². The molecule has 2 aromatic heterocycles. The Morgan fingerprint density at radius 1 is 1.20 bits per heavy atom. The van der Waals surface area contributed by atoms with Gasteiger partial charge in [-0.15, -0.1) is 0 Å². The molecule has 4 nitrogen and oxygen atoms in total. The summed E-state index contributed by atoms with van der Waals surface area (Å²) in [5.74, 6) is 1.07. The van der Waals surface area contributed by atoms with Crippen LogP contribution in [0.4, 0.5) is 0 Å². The van der Waals surface area contributed by atoms with Crippen molar-refractivity contribution in [2.45, 2.75) is 40.2 Å². The molecular formula is C20H21ClN2O2. The fraction of sp³-hybridized carbons (Fsp3) is 0.300. The first-order chi connectivity index (χ1) is 11.8. The number of rotatable bonds is 4. The van der Waals surface area contributed by atoms with E-state index in [9.17, 15) is 4.79 Å². The molecule has 0 spiro atoms. The quantitative estimate of drug-likeness (QED) is 0.682. The Hall–Kier alpha value is -2.33. The largest absolute Gasteiger partial charge is 0.487 e. The maximum absolute atomic E-state index is 12.2. The van der Waals surface area contributed by atoms with Crippen LogP contribution < -0.4 is 10.3 Å². The van der Waals surface area contributed by atoms with Crippen LogP contribution in [0.1, 0.15) is 42.1 Å². The predicted molar refractivity (Wildman–Crippen MR) is 101 cm³/mol. The minimum Gasteiger partial charge on any atom is -0.487 e. The second kappa shape index (κ2) is 6.89. The summed E-state index contributed by atoms with van der Waals surface area (Å²) in [6.07, 6.45) is 1.74. The summed E-state index contributed by atoms with van der Waals surface area (Å²) in [7, 11) is 0. The Morgan fingerprint density at radius 2 is 1.96 bits per heavy atom. The third-order valence-corrected chi connectivity index (χ3v) is 4.49. The molecule has 0 aliphatic heterocycles. The number of ether oxygens (including phenoxy) is 1. The average Bonchev–Trinajstić information content (AvgIpc) is 2.53. The van der Waals surface area contributed by atoms with E-state index in [1.807, 2.05) is 38.1 Å². The van der Waals surface area contributed by atoms with Crippen molar-refractivity contribution in [3.05, 3.63) is 74.3 Å². The van der Waals surface area contributed by atoms with Gasteiger partial charge in [0.1, 0.15) is 18.0 Å². The number of halogens is 1. The summed E-state index contributed by atoms with van der Waals surface area (Å²) in [5, 5.41) is 0.748. The fourth-order valence-electron chi connectivity index (χ4n) is 2.75. The smallest absolute Gasteiger partial charge is 0.258 e. The highest BCUT2D eigenvalue weighted by Crippen LogP contribution is 2.31. The lowest BCUT2D eigenvalue weighted by atomic mass is 10.0. The molecule has 0 amide bonds. The van der Waals surface area contributed by atoms with Crippen LogP contribution >= 0.6 is 11.6 Å². The topological polar surface area (TPSA) is 43.6 Å². The van der Waals surface area contributed by atoms with Crippen LogP contribution in [-0.4, -0.2) is 9.38 Å². The molecule has 0 aliphatic rings. The van der Waals surface area contributed by atoms with Crippen molar-refractivity contribution < 1.29 is 4.74 Å². The fourth-order valence-corrected chi connectivity index (χ4v) is 3.18. The summed E-state index contributed by atoms with van der Waals surface area (Å²) >= 11 is 6.30. The van der Waals surface area contributed by atoms with E-state index in [1.165, 1.54) is 10.5 Å². The lowest BCUT2D eigenvalue weighted by molar-refractivity contribution is 0.299. The van der Waals surface area contributed by atoms with Gasteiger partial charge in [-0.2, -0.15) is 0 Å². The lowest BCUT2D eigenvalue weighted by Gasteiger charge is -2.14. The van der Waals surface area contributed by atoms with Crippen LogP contribution in [0.15, 0.2) is 41.3 Å². The molecule has 5 heteroatoms. The molecule has 0 N–H and O–H groups in total. The Labute approximate surface area is 152 Å². The van der Waals surface area contributed by atoms with Crippen molar-refractivity contribution >= 4 is 17.2 Å². The van der Waals surface area contributed by atoms with Crippen LogP contribution in [0.3, 0.4) is 0 Å². The second-order valence-electron chi connectivity index (χ2n) is 6.60. The van der Waals surface area contributed by atoms with Gasteiger partial charge in [-0.3, -0.25) is 9.20 Å². The second-order valence-corrected chi connectivity index (χ2v) is 7.01. The minimum absolute atomic E-state index is 0.112. The molecule has 0 unspecified atom stereocenters. The first-order valence-corrected chi connectivity index (χ1v) is 8.64. The molecule has 25 heavy (non-hydrogen) atoms. The Balaban J connectivity index is 1.90. The van der Waals surface area contributed by atoms with Gasteiger partial charge in [0.2, 0.25) is 0 Å². The predicted octanol–water partition coefficient (Wildman–Crippen LogP) is 4.67. The van der Waals surface area contributed by atoms with Crippen LogP contribution in [0.25, 0.3) is 5.65 Å². The van der Waals surface area contributed by atoms with E-state index < -0.39 is 0 Å². The molecule has 130 valence electrons. The number of nitrogens with zero attached hydrogens (tertiary/aromatic N) is 2. The van der Waals surface area contributed by atoms with Crippen molar-refractivity contribution in [1.29, 1.82) is 0 Å². The third-order valence-electron chi connectivity index (χ3n) is 4.17. The van der Waals surface area contributed by atoms with Gasteiger partial charge in [-0.25, -0.2) is 4.98 Å². The van der Waals surface area contributed by atoms with E-state index in [2.05, 4.69) is 18.8 Å². The van der Waals surface area contributed by atoms with Gasteiger partial charge in [-0.05, 0) is 60.7 Å². The zero-order valence-electron chi connectivity index (χ0n) is 14.8. The standard InChI is InChI=1S/C20H21ClN2O2/c1-12(2)16-10-18(14(4)8-17(16)21)25-11-15-9-20(24)23-6-5-13(3)7-19(23)22-15/h5-10,12H,11H2,1-4H3. The van der Waals surface area contributed by atoms with Gasteiger partial charge in [0.25, 0.3) is 5.56 Å². The average molecular weight is 357 g/mol. The van der Waals surface area contributed by atoms with E-state index in [0.29, 0.717) is 17.3 Å². The van der Waals surface area contributed by atoms with Crippen molar-refractivity contribution in [2.75, 3.05) is 0 Å². The highest BCUT2D eigenvalue weighted by Gasteiger charge is 2.11. The Kier molecular flexibility index (Phi) is 4.82. The first kappa shape index (κ1) is 17.5. The van der Waals surface area contributed by atoms with Gasteiger partial charge in [0, 0.05) is 17.3 Å². The van der Waals surface area contributed by atoms with E-state index >= 15 is 0 Å². The number of hydrogen-bond acceptors (Lipinski definition) is 3. The van der Waals surface area contributed by atoms with Crippen molar-refractivity contribution in [3.8, 4) is 5.75 Å². The normalized spacial score (nSPS) is 11.3. The molecule has 0 fully saturated rings. The number of pyridine rings is 1. The number of benzene rings is 1. The zero-order valence-corrected chi connectivity index (χ0v) is 15.6. The van der Waals surface area contributed by atoms with E-state index in [0.717, 1.165) is 27.5 Å². The van der Waals surface area contributed by atoms with Gasteiger partial charge < -0.3 is 4.74 Å². The molecule has 0 aliphatic carbocycles. The number of aromatic nitrogens is 2. The molecule has 0 bridgehead atoms. The number of aryl methyl sites for hydroxylation is 2. The number of hydrogen-bond donors (Lipinski definition) is 0. The number of fused-ring (bicyclic) bond motifs is 1. The molecule has 1 aromatic carbocycles. The van der Waals surface area contributed by atoms with Gasteiger partial charge in [0.15, 0.2) is 0 Å². The van der Waals surface area contributed by atoms with E-state index in [4.69, 9.17) is 16.3 Å². The summed E-state index contributed by atoms with van der Waals surface area (Å²) in [4.78, 5) is 16.8. The van der Waals surface area contributed by atoms with Gasteiger partial charge >= 0.3 is 0 Å². The highest BCUT2D eigenvalue weighted by molar-refractivity contribution is 6.31. The van der Waals surface area contributed by atoms with Crippen molar-refractivity contribution in [2.24, 2.45) is 0 Å². The summed E-state index contributed by atoms with van der Waals surface area (Å²) in [6.45, 7) is 8.35. The maximum Gasteiger partial charge on any atom is 0.258 e. The molecule has 2 heterocycles. The van der Waals surface area contributed by atoms with E-state index in [1.54, 1.807) is 6.20 Å². The van der Waals surface area contributed by atoms with Gasteiger partial charge in [0.05, 0.1) is 5.69 Å². The molecule has 3 aromatic rings. The molecule has 0 atom stereocenters. The zero-order chi connectivity index (χ0) is 18.1. The third kappa shape index (κ3) is 3.69. The van der Waals surface area contributed by atoms with Crippen LogP contribution in [-0.2, 0) is 6.61 Å². The lowest BCUT2D eigenvalue weighted by Crippen LogP contribution is -2.16. The van der Waals surface area contributed by atoms with Crippen LogP contribution in [0.2, 0.25) is 5.02 Å². The van der Waals surface area contributed by atoms with Crippen LogP contribution in [0, 0.1) is 13.8 Å². The highest BCUT2D eigenvalue weighted by atomic mass is 35.5. The Bertz CT molecular complexity index is 993. The van der Waals surface area contributed by atoms with Crippen LogP contribution in [0.5, 0.6) is 5.75 Å². The monoisotopic (exact) mass is 356 g/mol. The first-order valence-electron chi connectivity index (χ1n) is 8.27. The van der Waals surface area contributed by atoms with Gasteiger partial charge in [-0.1, -0.05) is 25.4 Å². The summed E-state index contributed by atoms with van der Waals surface area (Å²) < 4.78 is 7.46. The maximum atomic E-state index is 12.2. The SMILES string of the molecule is Cc1ccn2c(=O)cc(COc3cc(C(C)C)c(Cl)cc3C)nc2c1. The molecule has 0 saturated heterocycles. The molecular weight excluding hydrogens is 336 g/mol. The molecule has 0 saturated carbocycles. The Morgan fingerprint density at radius 3 is 2.68 bits per heavy atom. The summed E-state index contributed by atoms with van der Waals surface area (Å²) in [5.41, 5.74) is 4.18. The molecule has 3 rings (SSSR count). The minimum atomic E-state index is -0.112. The van der Waals surface area contributed by atoms with Crippen molar-refractivity contribution in [1.82, 2.24) is 9.38 Å². The molecule has 0 radical (unpaired) electrons. The van der Waals surface area contributed by atoms with Crippen molar-refractivity contribution in [3.63, 3.8) is 0 Å². The summed E-state index contributed by atoms with van der Waals surface area (Å²) in [6, 6.07) is 9.17.